The summed E-state index contributed by atoms with van der Waals surface area (Å²) in [7, 11) is 0. The molecule has 0 fully saturated rings. The van der Waals surface area contributed by atoms with Gasteiger partial charge in [-0.2, -0.15) is 0 Å². The number of fused-ring (bicyclic) bond motifs is 3. The zero-order valence-electron chi connectivity index (χ0n) is 7.82. The number of benzene rings is 1. The standard InChI is InChI=1S/C12H9NO/c1-8-6-7-10-9-4-2-3-5-11(9)14-12(10)13-8/h2-7H,1H3. The summed E-state index contributed by atoms with van der Waals surface area (Å²) in [4.78, 5) is 4.35. The molecule has 0 unspecified atom stereocenters. The van der Waals surface area contributed by atoms with Crippen LogP contribution in [0.25, 0.3) is 22.1 Å². The van der Waals surface area contributed by atoms with Crippen molar-refractivity contribution in [2.45, 2.75) is 6.92 Å². The van der Waals surface area contributed by atoms with Crippen molar-refractivity contribution in [2.75, 3.05) is 0 Å². The maximum Gasteiger partial charge on any atom is 0.227 e. The molecular weight excluding hydrogens is 174 g/mol. The van der Waals surface area contributed by atoms with E-state index in [1.165, 1.54) is 0 Å². The Morgan fingerprint density at radius 3 is 2.79 bits per heavy atom. The van der Waals surface area contributed by atoms with Crippen LogP contribution in [0.3, 0.4) is 0 Å². The van der Waals surface area contributed by atoms with Gasteiger partial charge in [-0.3, -0.25) is 0 Å². The third-order valence-corrected chi connectivity index (χ3v) is 2.38. The van der Waals surface area contributed by atoms with Gasteiger partial charge in [0.2, 0.25) is 5.71 Å². The minimum Gasteiger partial charge on any atom is -0.438 e. The van der Waals surface area contributed by atoms with Gasteiger partial charge in [-0.05, 0) is 25.1 Å². The molecule has 2 nitrogen and oxygen atoms in total. The van der Waals surface area contributed by atoms with Crippen LogP contribution in [-0.4, -0.2) is 4.98 Å². The van der Waals surface area contributed by atoms with Crippen LogP contribution in [0.2, 0.25) is 0 Å². The van der Waals surface area contributed by atoms with Crippen molar-refractivity contribution in [1.82, 2.24) is 4.98 Å². The molecule has 0 aliphatic carbocycles. The number of aryl methyl sites for hydroxylation is 1. The highest BCUT2D eigenvalue weighted by Gasteiger charge is 2.05. The van der Waals surface area contributed by atoms with Crippen LogP contribution in [0.4, 0.5) is 0 Å². The summed E-state index contributed by atoms with van der Waals surface area (Å²) in [5, 5.41) is 2.22. The minimum atomic E-state index is 0.728. The molecule has 0 amide bonds. The molecule has 14 heavy (non-hydrogen) atoms. The molecule has 0 atom stereocenters. The number of rotatable bonds is 0. The minimum absolute atomic E-state index is 0.728. The molecule has 2 heteroatoms. The second kappa shape index (κ2) is 2.58. The van der Waals surface area contributed by atoms with Gasteiger partial charge in [0.1, 0.15) is 5.58 Å². The second-order valence-corrected chi connectivity index (χ2v) is 3.40. The number of para-hydroxylation sites is 1. The van der Waals surface area contributed by atoms with Crippen molar-refractivity contribution in [1.29, 1.82) is 0 Å². The fourth-order valence-corrected chi connectivity index (χ4v) is 1.70. The zero-order chi connectivity index (χ0) is 9.54. The normalized spacial score (nSPS) is 11.2. The van der Waals surface area contributed by atoms with E-state index in [2.05, 4.69) is 17.1 Å². The Kier molecular flexibility index (Phi) is 1.39. The van der Waals surface area contributed by atoms with Crippen molar-refractivity contribution in [2.24, 2.45) is 0 Å². The fraction of sp³-hybridized carbons (Fsp3) is 0.0833. The third kappa shape index (κ3) is 0.940. The van der Waals surface area contributed by atoms with Gasteiger partial charge in [-0.15, -0.1) is 0 Å². The van der Waals surface area contributed by atoms with E-state index in [-0.39, 0.29) is 0 Å². The Balaban J connectivity index is 2.57. The summed E-state index contributed by atoms with van der Waals surface area (Å²) in [6, 6.07) is 12.1. The van der Waals surface area contributed by atoms with E-state index < -0.39 is 0 Å². The van der Waals surface area contributed by atoms with Crippen LogP contribution in [0.5, 0.6) is 0 Å². The summed E-state index contributed by atoms with van der Waals surface area (Å²) in [6.45, 7) is 1.96. The number of aromatic nitrogens is 1. The van der Waals surface area contributed by atoms with Crippen molar-refractivity contribution in [3.63, 3.8) is 0 Å². The van der Waals surface area contributed by atoms with E-state index in [9.17, 15) is 0 Å². The van der Waals surface area contributed by atoms with E-state index in [0.29, 0.717) is 0 Å². The predicted molar refractivity (Wildman–Crippen MR) is 56.3 cm³/mol. The summed E-state index contributed by atoms with van der Waals surface area (Å²) >= 11 is 0. The lowest BCUT2D eigenvalue weighted by Gasteiger charge is -1.89. The van der Waals surface area contributed by atoms with Gasteiger partial charge in [0.05, 0.1) is 0 Å². The quantitative estimate of drug-likeness (QED) is 0.534. The number of pyridine rings is 1. The molecule has 0 aliphatic rings. The van der Waals surface area contributed by atoms with Crippen LogP contribution in [0.1, 0.15) is 5.69 Å². The van der Waals surface area contributed by atoms with Crippen LogP contribution >= 0.6 is 0 Å². The lowest BCUT2D eigenvalue weighted by molar-refractivity contribution is 0.652. The van der Waals surface area contributed by atoms with Gasteiger partial charge in [-0.25, -0.2) is 4.98 Å². The van der Waals surface area contributed by atoms with Crippen LogP contribution in [0.15, 0.2) is 40.8 Å². The van der Waals surface area contributed by atoms with Gasteiger partial charge in [-0.1, -0.05) is 18.2 Å². The molecule has 2 aromatic heterocycles. The first-order valence-corrected chi connectivity index (χ1v) is 4.59. The SMILES string of the molecule is Cc1ccc2c(n1)oc1ccccc12. The summed E-state index contributed by atoms with van der Waals surface area (Å²) in [5.41, 5.74) is 2.61. The Bertz CT molecular complexity index is 610. The van der Waals surface area contributed by atoms with Crippen molar-refractivity contribution in [3.8, 4) is 0 Å². The molecule has 2 heterocycles. The zero-order valence-corrected chi connectivity index (χ0v) is 7.82. The molecule has 1 aromatic carbocycles. The molecule has 0 spiro atoms. The Morgan fingerprint density at radius 2 is 1.86 bits per heavy atom. The van der Waals surface area contributed by atoms with Crippen molar-refractivity contribution in [3.05, 3.63) is 42.1 Å². The first-order valence-electron chi connectivity index (χ1n) is 4.59. The molecule has 0 saturated carbocycles. The van der Waals surface area contributed by atoms with Gasteiger partial charge in [0, 0.05) is 16.5 Å². The maximum atomic E-state index is 5.62. The topological polar surface area (TPSA) is 26.0 Å². The van der Waals surface area contributed by atoms with Crippen LogP contribution in [0, 0.1) is 6.92 Å². The highest BCUT2D eigenvalue weighted by molar-refractivity contribution is 6.03. The van der Waals surface area contributed by atoms with Crippen LogP contribution in [-0.2, 0) is 0 Å². The largest absolute Gasteiger partial charge is 0.438 e. The first kappa shape index (κ1) is 7.56. The van der Waals surface area contributed by atoms with E-state index >= 15 is 0 Å². The van der Waals surface area contributed by atoms with Crippen molar-refractivity contribution < 1.29 is 4.42 Å². The molecule has 68 valence electrons. The Morgan fingerprint density at radius 1 is 1.00 bits per heavy atom. The first-order chi connectivity index (χ1) is 6.84. The predicted octanol–water partition coefficient (Wildman–Crippen LogP) is 3.29. The summed E-state index contributed by atoms with van der Waals surface area (Å²) in [5.74, 6) is 0. The van der Waals surface area contributed by atoms with Gasteiger partial charge < -0.3 is 4.42 Å². The van der Waals surface area contributed by atoms with Gasteiger partial charge >= 0.3 is 0 Å². The van der Waals surface area contributed by atoms with Gasteiger partial charge in [0.25, 0.3) is 0 Å². The molecule has 0 radical (unpaired) electrons. The smallest absolute Gasteiger partial charge is 0.227 e. The number of nitrogens with zero attached hydrogens (tertiary/aromatic N) is 1. The summed E-state index contributed by atoms with van der Waals surface area (Å²) in [6.07, 6.45) is 0. The van der Waals surface area contributed by atoms with E-state index in [1.807, 2.05) is 31.2 Å². The van der Waals surface area contributed by atoms with Crippen LogP contribution < -0.4 is 0 Å². The average molecular weight is 183 g/mol. The number of furan rings is 1. The lowest BCUT2D eigenvalue weighted by atomic mass is 10.2. The Labute approximate surface area is 81.2 Å². The van der Waals surface area contributed by atoms with E-state index in [4.69, 9.17) is 4.42 Å². The molecule has 0 bridgehead atoms. The lowest BCUT2D eigenvalue weighted by Crippen LogP contribution is -1.77. The van der Waals surface area contributed by atoms with E-state index in [0.717, 1.165) is 27.8 Å². The highest BCUT2D eigenvalue weighted by Crippen LogP contribution is 2.26. The third-order valence-electron chi connectivity index (χ3n) is 2.38. The average Bonchev–Trinajstić information content (AvgIpc) is 2.54. The molecule has 3 aromatic rings. The molecule has 0 saturated heterocycles. The highest BCUT2D eigenvalue weighted by atomic mass is 16.3. The number of hydrogen-bond donors (Lipinski definition) is 0. The molecule has 3 rings (SSSR count). The molecule has 0 aliphatic heterocycles. The monoisotopic (exact) mass is 183 g/mol. The molecule has 0 N–H and O–H groups in total. The van der Waals surface area contributed by atoms with Gasteiger partial charge in [0.15, 0.2) is 0 Å². The van der Waals surface area contributed by atoms with Crippen molar-refractivity contribution >= 4 is 22.1 Å². The Hall–Kier alpha value is -1.83. The second-order valence-electron chi connectivity index (χ2n) is 3.40. The maximum absolute atomic E-state index is 5.62. The fourth-order valence-electron chi connectivity index (χ4n) is 1.70. The molecular formula is C12H9NO. The summed E-state index contributed by atoms with van der Waals surface area (Å²) < 4.78 is 5.62. The number of hydrogen-bond acceptors (Lipinski definition) is 2. The van der Waals surface area contributed by atoms with E-state index in [1.54, 1.807) is 0 Å².